The van der Waals surface area contributed by atoms with Crippen LogP contribution in [0.5, 0.6) is 0 Å². The summed E-state index contributed by atoms with van der Waals surface area (Å²) in [5.41, 5.74) is 1.60. The third kappa shape index (κ3) is 4.85. The first-order chi connectivity index (χ1) is 10.7. The number of pyridine rings is 1. The van der Waals surface area contributed by atoms with Gasteiger partial charge in [-0.05, 0) is 17.7 Å². The summed E-state index contributed by atoms with van der Waals surface area (Å²) >= 11 is 0. The Labute approximate surface area is 130 Å². The maximum Gasteiger partial charge on any atom is 0.128 e. The summed E-state index contributed by atoms with van der Waals surface area (Å²) in [6.07, 6.45) is 0.913. The van der Waals surface area contributed by atoms with E-state index in [1.54, 1.807) is 12.1 Å². The number of hydrogen-bond acceptors (Lipinski definition) is 5. The summed E-state index contributed by atoms with van der Waals surface area (Å²) in [6.45, 7) is 1.15. The lowest BCUT2D eigenvalue weighted by atomic mass is 10.2. The van der Waals surface area contributed by atoms with Crippen molar-refractivity contribution in [1.82, 2.24) is 4.98 Å². The van der Waals surface area contributed by atoms with Crippen LogP contribution in [0.25, 0.3) is 0 Å². The van der Waals surface area contributed by atoms with Crippen LogP contribution in [0.3, 0.4) is 0 Å². The maximum atomic E-state index is 10.0. The number of rotatable bonds is 7. The smallest absolute Gasteiger partial charge is 0.128 e. The van der Waals surface area contributed by atoms with Crippen LogP contribution in [0.2, 0.25) is 0 Å². The molecule has 2 rings (SSSR count). The van der Waals surface area contributed by atoms with Crippen LogP contribution in [0.1, 0.15) is 11.1 Å². The highest BCUT2D eigenvalue weighted by molar-refractivity contribution is 5.41. The molecule has 1 aromatic carbocycles. The van der Waals surface area contributed by atoms with Gasteiger partial charge < -0.3 is 14.7 Å². The molecule has 0 spiro atoms. The standard InChI is InChI=1S/C17H19N3O2/c1-20(17-8-7-15(9-18)10-19-17)11-16(21)13-22-12-14-5-3-2-4-6-14/h2-8,10,16,21H,11-13H2,1H3/t16-/m0/s1. The highest BCUT2D eigenvalue weighted by atomic mass is 16.5. The van der Waals surface area contributed by atoms with Gasteiger partial charge >= 0.3 is 0 Å². The summed E-state index contributed by atoms with van der Waals surface area (Å²) in [5, 5.41) is 18.8. The third-order valence-electron chi connectivity index (χ3n) is 3.17. The third-order valence-corrected chi connectivity index (χ3v) is 3.17. The van der Waals surface area contributed by atoms with Crippen molar-refractivity contribution in [2.24, 2.45) is 0 Å². The first kappa shape index (κ1) is 16.0. The molecule has 5 nitrogen and oxygen atoms in total. The second-order valence-corrected chi connectivity index (χ2v) is 5.05. The summed E-state index contributed by atoms with van der Waals surface area (Å²) in [7, 11) is 1.84. The van der Waals surface area contributed by atoms with Crippen molar-refractivity contribution in [3.63, 3.8) is 0 Å². The lowest BCUT2D eigenvalue weighted by molar-refractivity contribution is 0.0324. The molecule has 1 N–H and O–H groups in total. The number of ether oxygens (including phenoxy) is 1. The highest BCUT2D eigenvalue weighted by Crippen LogP contribution is 2.10. The van der Waals surface area contributed by atoms with Gasteiger partial charge in [0.15, 0.2) is 0 Å². The Kier molecular flexibility index (Phi) is 5.90. The molecule has 0 bridgehead atoms. The van der Waals surface area contributed by atoms with E-state index in [1.807, 2.05) is 48.3 Å². The van der Waals surface area contributed by atoms with Crippen molar-refractivity contribution in [3.8, 4) is 6.07 Å². The lowest BCUT2D eigenvalue weighted by Crippen LogP contribution is -2.32. The first-order valence-corrected chi connectivity index (χ1v) is 7.06. The molecule has 0 unspecified atom stereocenters. The minimum atomic E-state index is -0.605. The normalized spacial score (nSPS) is 11.7. The molecule has 0 fully saturated rings. The van der Waals surface area contributed by atoms with Gasteiger partial charge in [0.1, 0.15) is 11.9 Å². The number of nitrogens with zero attached hydrogens (tertiary/aromatic N) is 3. The fourth-order valence-electron chi connectivity index (χ4n) is 2.03. The molecule has 0 aliphatic carbocycles. The molecule has 0 radical (unpaired) electrons. The van der Waals surface area contributed by atoms with Gasteiger partial charge in [0.25, 0.3) is 0 Å². The van der Waals surface area contributed by atoms with E-state index in [0.717, 1.165) is 5.56 Å². The van der Waals surface area contributed by atoms with Crippen LogP contribution in [0.4, 0.5) is 5.82 Å². The van der Waals surface area contributed by atoms with Gasteiger partial charge in [-0.15, -0.1) is 0 Å². The van der Waals surface area contributed by atoms with Gasteiger partial charge in [0.05, 0.1) is 24.9 Å². The monoisotopic (exact) mass is 297 g/mol. The Morgan fingerprint density at radius 1 is 1.27 bits per heavy atom. The van der Waals surface area contributed by atoms with E-state index in [2.05, 4.69) is 4.98 Å². The van der Waals surface area contributed by atoms with E-state index >= 15 is 0 Å². The Balaban J connectivity index is 1.76. The molecule has 0 amide bonds. The molecule has 1 atom stereocenters. The fraction of sp³-hybridized carbons (Fsp3) is 0.294. The van der Waals surface area contributed by atoms with Gasteiger partial charge in [-0.1, -0.05) is 30.3 Å². The number of likely N-dealkylation sites (N-methyl/N-ethyl adjacent to an activating group) is 1. The summed E-state index contributed by atoms with van der Waals surface area (Å²) < 4.78 is 5.51. The van der Waals surface area contributed by atoms with Gasteiger partial charge in [0.2, 0.25) is 0 Å². The predicted molar refractivity (Wildman–Crippen MR) is 84.3 cm³/mol. The van der Waals surface area contributed by atoms with Gasteiger partial charge in [-0.25, -0.2) is 4.98 Å². The van der Waals surface area contributed by atoms with E-state index in [-0.39, 0.29) is 6.61 Å². The van der Waals surface area contributed by atoms with Gasteiger partial charge in [-0.2, -0.15) is 5.26 Å². The fourth-order valence-corrected chi connectivity index (χ4v) is 2.03. The molecule has 114 valence electrons. The molecule has 2 aromatic rings. The Bertz CT molecular complexity index is 608. The van der Waals surface area contributed by atoms with E-state index < -0.39 is 6.10 Å². The molecular weight excluding hydrogens is 278 g/mol. The number of hydrogen-bond donors (Lipinski definition) is 1. The molecule has 5 heteroatoms. The number of nitriles is 1. The molecular formula is C17H19N3O2. The lowest BCUT2D eigenvalue weighted by Gasteiger charge is -2.21. The zero-order valence-corrected chi connectivity index (χ0v) is 12.5. The zero-order chi connectivity index (χ0) is 15.8. The Morgan fingerprint density at radius 3 is 2.68 bits per heavy atom. The molecule has 1 heterocycles. The van der Waals surface area contributed by atoms with Crippen LogP contribution < -0.4 is 4.90 Å². The first-order valence-electron chi connectivity index (χ1n) is 7.06. The van der Waals surface area contributed by atoms with Crippen molar-refractivity contribution in [1.29, 1.82) is 5.26 Å². The average molecular weight is 297 g/mol. The minimum Gasteiger partial charge on any atom is -0.389 e. The summed E-state index contributed by atoms with van der Waals surface area (Å²) in [6, 6.07) is 15.3. The molecule has 22 heavy (non-hydrogen) atoms. The van der Waals surface area contributed by atoms with Crippen molar-refractivity contribution in [2.75, 3.05) is 25.1 Å². The minimum absolute atomic E-state index is 0.259. The van der Waals surface area contributed by atoms with E-state index in [0.29, 0.717) is 24.5 Å². The van der Waals surface area contributed by atoms with Crippen molar-refractivity contribution < 1.29 is 9.84 Å². The van der Waals surface area contributed by atoms with Crippen molar-refractivity contribution in [2.45, 2.75) is 12.7 Å². The number of aromatic nitrogens is 1. The van der Waals surface area contributed by atoms with Crippen molar-refractivity contribution >= 4 is 5.82 Å². The Morgan fingerprint density at radius 2 is 2.05 bits per heavy atom. The maximum absolute atomic E-state index is 10.0. The van der Waals surface area contributed by atoms with Crippen LogP contribution in [0, 0.1) is 11.3 Å². The topological polar surface area (TPSA) is 69.4 Å². The average Bonchev–Trinajstić information content (AvgIpc) is 2.56. The second kappa shape index (κ2) is 8.13. The van der Waals surface area contributed by atoms with Crippen LogP contribution in [-0.2, 0) is 11.3 Å². The second-order valence-electron chi connectivity index (χ2n) is 5.05. The molecule has 0 aliphatic rings. The van der Waals surface area contributed by atoms with Crippen molar-refractivity contribution in [3.05, 3.63) is 59.8 Å². The number of aliphatic hydroxyl groups is 1. The van der Waals surface area contributed by atoms with E-state index in [4.69, 9.17) is 10.00 Å². The molecule has 1 aromatic heterocycles. The van der Waals surface area contributed by atoms with Crippen LogP contribution >= 0.6 is 0 Å². The highest BCUT2D eigenvalue weighted by Gasteiger charge is 2.10. The molecule has 0 aliphatic heterocycles. The van der Waals surface area contributed by atoms with E-state index in [9.17, 15) is 5.11 Å². The Hall–Kier alpha value is -2.42. The quantitative estimate of drug-likeness (QED) is 0.846. The molecule has 0 saturated carbocycles. The number of aliphatic hydroxyl groups excluding tert-OH is 1. The largest absolute Gasteiger partial charge is 0.389 e. The zero-order valence-electron chi connectivity index (χ0n) is 12.5. The summed E-state index contributed by atoms with van der Waals surface area (Å²) in [4.78, 5) is 6.01. The SMILES string of the molecule is CN(C[C@H](O)COCc1ccccc1)c1ccc(C#N)cn1. The van der Waals surface area contributed by atoms with Gasteiger partial charge in [-0.3, -0.25) is 0 Å². The van der Waals surface area contributed by atoms with Gasteiger partial charge in [0, 0.05) is 19.8 Å². The van der Waals surface area contributed by atoms with E-state index in [1.165, 1.54) is 6.20 Å². The number of anilines is 1. The molecule has 0 saturated heterocycles. The number of benzene rings is 1. The summed E-state index contributed by atoms with van der Waals surface area (Å²) in [5.74, 6) is 0.709. The van der Waals surface area contributed by atoms with Crippen LogP contribution in [0.15, 0.2) is 48.7 Å². The predicted octanol–water partition coefficient (Wildman–Crippen LogP) is 1.97. The van der Waals surface area contributed by atoms with Crippen LogP contribution in [-0.4, -0.2) is 36.4 Å².